The van der Waals surface area contributed by atoms with E-state index in [-0.39, 0.29) is 0 Å². The zero-order chi connectivity index (χ0) is 13.0. The summed E-state index contributed by atoms with van der Waals surface area (Å²) < 4.78 is 0. The maximum Gasteiger partial charge on any atom is 0.0406 e. The molecule has 0 aromatic heterocycles. The lowest BCUT2D eigenvalue weighted by Crippen LogP contribution is -2.11. The molecular formula is C16H18ClN. The lowest BCUT2D eigenvalue weighted by molar-refractivity contribution is 0.726. The molecule has 0 spiro atoms. The van der Waals surface area contributed by atoms with Crippen molar-refractivity contribution in [3.05, 3.63) is 58.6 Å². The summed E-state index contributed by atoms with van der Waals surface area (Å²) in [6.45, 7) is 6.20. The minimum absolute atomic E-state index is 0.778. The fourth-order valence-corrected chi connectivity index (χ4v) is 2.18. The summed E-state index contributed by atoms with van der Waals surface area (Å²) in [5, 5.41) is 4.12. The highest BCUT2D eigenvalue weighted by atomic mass is 35.5. The molecule has 1 nitrogen and oxygen atoms in total. The van der Waals surface area contributed by atoms with E-state index in [9.17, 15) is 0 Å². The molecular weight excluding hydrogens is 242 g/mol. The highest BCUT2D eigenvalue weighted by Gasteiger charge is 2.03. The molecule has 0 fully saturated rings. The molecule has 0 atom stereocenters. The van der Waals surface area contributed by atoms with Crippen LogP contribution in [-0.4, -0.2) is 6.54 Å². The Hall–Kier alpha value is -1.31. The minimum Gasteiger partial charge on any atom is -0.313 e. The zero-order valence-electron chi connectivity index (χ0n) is 10.8. The second kappa shape index (κ2) is 6.03. The summed E-state index contributed by atoms with van der Waals surface area (Å²) in [7, 11) is 0. The van der Waals surface area contributed by atoms with Crippen molar-refractivity contribution in [3.8, 4) is 11.1 Å². The molecule has 0 aliphatic rings. The predicted molar refractivity (Wildman–Crippen MR) is 79.0 cm³/mol. The van der Waals surface area contributed by atoms with Gasteiger partial charge in [-0.1, -0.05) is 48.9 Å². The normalized spacial score (nSPS) is 10.6. The van der Waals surface area contributed by atoms with E-state index in [1.807, 2.05) is 12.1 Å². The molecule has 0 radical (unpaired) electrons. The Morgan fingerprint density at radius 1 is 1.06 bits per heavy atom. The Morgan fingerprint density at radius 2 is 1.78 bits per heavy atom. The van der Waals surface area contributed by atoms with Crippen LogP contribution in [0.15, 0.2) is 42.5 Å². The van der Waals surface area contributed by atoms with Crippen molar-refractivity contribution in [1.82, 2.24) is 5.32 Å². The molecule has 0 saturated heterocycles. The van der Waals surface area contributed by atoms with Gasteiger partial charge in [-0.15, -0.1) is 0 Å². The molecule has 1 N–H and O–H groups in total. The fraction of sp³-hybridized carbons (Fsp3) is 0.250. The molecule has 2 aromatic rings. The quantitative estimate of drug-likeness (QED) is 0.857. The molecule has 2 heteroatoms. The van der Waals surface area contributed by atoms with Gasteiger partial charge in [-0.3, -0.25) is 0 Å². The summed E-state index contributed by atoms with van der Waals surface area (Å²) in [6, 6.07) is 14.6. The van der Waals surface area contributed by atoms with Gasteiger partial charge in [0.2, 0.25) is 0 Å². The maximum atomic E-state index is 5.91. The van der Waals surface area contributed by atoms with Crippen molar-refractivity contribution in [2.24, 2.45) is 0 Å². The fourth-order valence-electron chi connectivity index (χ4n) is 2.06. The van der Waals surface area contributed by atoms with Crippen molar-refractivity contribution in [3.63, 3.8) is 0 Å². The number of hydrogen-bond donors (Lipinski definition) is 1. The molecule has 94 valence electrons. The van der Waals surface area contributed by atoms with Gasteiger partial charge in [0, 0.05) is 11.6 Å². The van der Waals surface area contributed by atoms with Crippen molar-refractivity contribution in [2.45, 2.75) is 20.4 Å². The topological polar surface area (TPSA) is 12.0 Å². The minimum atomic E-state index is 0.778. The standard InChI is InChI=1S/C16H18ClN/c1-3-18-11-13-4-9-16(12(2)10-13)14-5-7-15(17)8-6-14/h4-10,18H,3,11H2,1-2H3. The lowest BCUT2D eigenvalue weighted by atomic mass is 9.98. The first kappa shape index (κ1) is 13.1. The first-order valence-corrected chi connectivity index (χ1v) is 6.64. The van der Waals surface area contributed by atoms with Crippen LogP contribution in [0.5, 0.6) is 0 Å². The van der Waals surface area contributed by atoms with Gasteiger partial charge >= 0.3 is 0 Å². The molecule has 0 heterocycles. The van der Waals surface area contributed by atoms with Crippen LogP contribution in [0, 0.1) is 6.92 Å². The third kappa shape index (κ3) is 3.12. The van der Waals surface area contributed by atoms with E-state index >= 15 is 0 Å². The van der Waals surface area contributed by atoms with Crippen molar-refractivity contribution in [2.75, 3.05) is 6.54 Å². The summed E-state index contributed by atoms with van der Waals surface area (Å²) >= 11 is 5.91. The van der Waals surface area contributed by atoms with Crippen molar-refractivity contribution in [1.29, 1.82) is 0 Å². The van der Waals surface area contributed by atoms with Crippen LogP contribution < -0.4 is 5.32 Å². The first-order valence-electron chi connectivity index (χ1n) is 6.27. The van der Waals surface area contributed by atoms with Gasteiger partial charge in [0.25, 0.3) is 0 Å². The van der Waals surface area contributed by atoms with E-state index in [0.717, 1.165) is 18.1 Å². The Labute approximate surface area is 114 Å². The molecule has 2 aromatic carbocycles. The molecule has 0 aliphatic carbocycles. The summed E-state index contributed by atoms with van der Waals surface area (Å²) in [5.41, 5.74) is 5.11. The number of halogens is 1. The number of rotatable bonds is 4. The van der Waals surface area contributed by atoms with E-state index in [2.05, 4.69) is 49.5 Å². The Balaban J connectivity index is 2.26. The number of aryl methyl sites for hydroxylation is 1. The maximum absolute atomic E-state index is 5.91. The van der Waals surface area contributed by atoms with Gasteiger partial charge in [-0.05, 0) is 47.9 Å². The van der Waals surface area contributed by atoms with E-state index in [1.54, 1.807) is 0 Å². The molecule has 0 saturated carbocycles. The smallest absolute Gasteiger partial charge is 0.0406 e. The van der Waals surface area contributed by atoms with Crippen LogP contribution in [0.1, 0.15) is 18.1 Å². The van der Waals surface area contributed by atoms with E-state index in [4.69, 9.17) is 11.6 Å². The van der Waals surface area contributed by atoms with Gasteiger partial charge in [-0.2, -0.15) is 0 Å². The molecule has 0 unspecified atom stereocenters. The molecule has 2 rings (SSSR count). The van der Waals surface area contributed by atoms with Gasteiger partial charge in [0.05, 0.1) is 0 Å². The first-order chi connectivity index (χ1) is 8.70. The summed E-state index contributed by atoms with van der Waals surface area (Å²) in [5.74, 6) is 0. The van der Waals surface area contributed by atoms with E-state index < -0.39 is 0 Å². The van der Waals surface area contributed by atoms with Crippen LogP contribution in [0.3, 0.4) is 0 Å². The number of benzene rings is 2. The van der Waals surface area contributed by atoms with Gasteiger partial charge < -0.3 is 5.32 Å². The van der Waals surface area contributed by atoms with Gasteiger partial charge in [0.15, 0.2) is 0 Å². The average molecular weight is 260 g/mol. The SMILES string of the molecule is CCNCc1ccc(-c2ccc(Cl)cc2)c(C)c1. The third-order valence-electron chi connectivity index (χ3n) is 3.03. The third-order valence-corrected chi connectivity index (χ3v) is 3.28. The summed E-state index contributed by atoms with van der Waals surface area (Å²) in [6.07, 6.45) is 0. The zero-order valence-corrected chi connectivity index (χ0v) is 11.6. The van der Waals surface area contributed by atoms with Crippen molar-refractivity contribution >= 4 is 11.6 Å². The average Bonchev–Trinajstić information content (AvgIpc) is 2.38. The van der Waals surface area contributed by atoms with Crippen LogP contribution in [0.25, 0.3) is 11.1 Å². The highest BCUT2D eigenvalue weighted by molar-refractivity contribution is 6.30. The Kier molecular flexibility index (Phi) is 4.40. The van der Waals surface area contributed by atoms with Crippen molar-refractivity contribution < 1.29 is 0 Å². The van der Waals surface area contributed by atoms with Gasteiger partial charge in [0.1, 0.15) is 0 Å². The highest BCUT2D eigenvalue weighted by Crippen LogP contribution is 2.25. The van der Waals surface area contributed by atoms with E-state index in [0.29, 0.717) is 0 Å². The Morgan fingerprint density at radius 3 is 2.39 bits per heavy atom. The van der Waals surface area contributed by atoms with Crippen LogP contribution >= 0.6 is 11.6 Å². The van der Waals surface area contributed by atoms with Crippen LogP contribution in [0.2, 0.25) is 5.02 Å². The molecule has 0 amide bonds. The predicted octanol–water partition coefficient (Wildman–Crippen LogP) is 4.42. The molecule has 18 heavy (non-hydrogen) atoms. The lowest BCUT2D eigenvalue weighted by Gasteiger charge is -2.09. The van der Waals surface area contributed by atoms with Crippen LogP contribution in [-0.2, 0) is 6.54 Å². The summed E-state index contributed by atoms with van der Waals surface area (Å²) in [4.78, 5) is 0. The second-order valence-electron chi connectivity index (χ2n) is 4.44. The largest absolute Gasteiger partial charge is 0.313 e. The van der Waals surface area contributed by atoms with Gasteiger partial charge in [-0.25, -0.2) is 0 Å². The molecule has 0 bridgehead atoms. The van der Waals surface area contributed by atoms with E-state index in [1.165, 1.54) is 22.3 Å². The monoisotopic (exact) mass is 259 g/mol. The Bertz CT molecular complexity index is 517. The van der Waals surface area contributed by atoms with Crippen LogP contribution in [0.4, 0.5) is 0 Å². The molecule has 0 aliphatic heterocycles. The number of hydrogen-bond acceptors (Lipinski definition) is 1. The second-order valence-corrected chi connectivity index (χ2v) is 4.87. The number of nitrogens with one attached hydrogen (secondary N) is 1.